The normalized spacial score (nSPS) is 13.9. The molecule has 0 amide bonds. The third kappa shape index (κ3) is 5.39. The van der Waals surface area contributed by atoms with Crippen molar-refractivity contribution in [3.05, 3.63) is 292 Å². The maximum absolute atomic E-state index is 6.60. The largest absolute Gasteiger partial charge is 0.309 e. The van der Waals surface area contributed by atoms with Crippen molar-refractivity contribution in [3.63, 3.8) is 0 Å². The molecule has 2 aliphatic rings. The number of hydrogen-bond donors (Lipinski definition) is 0. The highest BCUT2D eigenvalue weighted by Gasteiger charge is 2.49. The van der Waals surface area contributed by atoms with Gasteiger partial charge in [0.25, 0.3) is 0 Å². The van der Waals surface area contributed by atoms with Gasteiger partial charge in [-0.05, 0) is 98.1 Å². The molecule has 2 aliphatic carbocycles. The van der Waals surface area contributed by atoms with Crippen molar-refractivity contribution in [2.75, 3.05) is 4.90 Å². The predicted molar refractivity (Wildman–Crippen MR) is 274 cm³/mol. The molecule has 0 saturated heterocycles. The molecule has 0 fully saturated rings. The summed E-state index contributed by atoms with van der Waals surface area (Å²) in [5.41, 5.74) is 17.3. The van der Waals surface area contributed by atoms with Crippen LogP contribution in [0.3, 0.4) is 0 Å². The van der Waals surface area contributed by atoms with Gasteiger partial charge < -0.3 is 4.90 Å². The van der Waals surface area contributed by atoms with Crippen LogP contribution >= 0.6 is 22.9 Å². The third-order valence-electron chi connectivity index (χ3n) is 14.1. The van der Waals surface area contributed by atoms with Crippen molar-refractivity contribution < 1.29 is 0 Å². The van der Waals surface area contributed by atoms with E-state index >= 15 is 0 Å². The van der Waals surface area contributed by atoms with Crippen LogP contribution in [-0.4, -0.2) is 0 Å². The highest BCUT2D eigenvalue weighted by molar-refractivity contribution is 7.25. The van der Waals surface area contributed by atoms with Crippen LogP contribution in [-0.2, 0) is 10.8 Å². The van der Waals surface area contributed by atoms with Gasteiger partial charge >= 0.3 is 0 Å². The third-order valence-corrected chi connectivity index (χ3v) is 15.4. The van der Waals surface area contributed by atoms with Crippen molar-refractivity contribution in [2.45, 2.75) is 10.8 Å². The molecule has 11 aromatic rings. The topological polar surface area (TPSA) is 3.24 Å². The Kier molecular flexibility index (Phi) is 8.65. The van der Waals surface area contributed by atoms with Crippen LogP contribution in [0.15, 0.2) is 243 Å². The van der Waals surface area contributed by atoms with E-state index in [0.29, 0.717) is 0 Å². The van der Waals surface area contributed by atoms with Gasteiger partial charge in [-0.3, -0.25) is 0 Å². The molecule has 0 bridgehead atoms. The summed E-state index contributed by atoms with van der Waals surface area (Å²) in [7, 11) is 0. The Morgan fingerprint density at radius 3 is 1.25 bits per heavy atom. The Morgan fingerprint density at radius 2 is 0.769 bits per heavy atom. The van der Waals surface area contributed by atoms with Crippen molar-refractivity contribution in [2.24, 2.45) is 0 Å². The van der Waals surface area contributed by atoms with Crippen LogP contribution in [0.5, 0.6) is 0 Å². The molecule has 65 heavy (non-hydrogen) atoms. The number of fused-ring (bicyclic) bond motifs is 9. The maximum atomic E-state index is 6.60. The fourth-order valence-corrected chi connectivity index (χ4v) is 13.0. The lowest BCUT2D eigenvalue weighted by atomic mass is 9.67. The van der Waals surface area contributed by atoms with E-state index in [1.807, 2.05) is 6.07 Å². The van der Waals surface area contributed by atoms with Crippen LogP contribution in [0.25, 0.3) is 42.4 Å². The number of hydrogen-bond acceptors (Lipinski definition) is 2. The summed E-state index contributed by atoms with van der Waals surface area (Å²) in [6.07, 6.45) is 0. The van der Waals surface area contributed by atoms with Crippen LogP contribution in [0, 0.1) is 0 Å². The van der Waals surface area contributed by atoms with Gasteiger partial charge in [0.2, 0.25) is 0 Å². The fraction of sp³-hybridized carbons (Fsp3) is 0.0323. The smallest absolute Gasteiger partial charge is 0.0714 e. The Balaban J connectivity index is 1.17. The summed E-state index contributed by atoms with van der Waals surface area (Å²) >= 11 is 8.40. The molecule has 0 aliphatic heterocycles. The minimum Gasteiger partial charge on any atom is -0.309 e. The Morgan fingerprint density at radius 1 is 0.338 bits per heavy atom. The summed E-state index contributed by atoms with van der Waals surface area (Å²) in [6.45, 7) is 0. The van der Waals surface area contributed by atoms with Gasteiger partial charge in [-0.25, -0.2) is 0 Å². The molecular formula is C62H40ClNS. The first kappa shape index (κ1) is 38.0. The minimum absolute atomic E-state index is 0.552. The van der Waals surface area contributed by atoms with Crippen LogP contribution < -0.4 is 4.90 Å². The van der Waals surface area contributed by atoms with Crippen LogP contribution in [0.4, 0.5) is 17.1 Å². The van der Waals surface area contributed by atoms with E-state index in [1.165, 1.54) is 86.9 Å². The molecule has 1 heterocycles. The molecule has 0 radical (unpaired) electrons. The van der Waals surface area contributed by atoms with E-state index in [2.05, 4.69) is 241 Å². The van der Waals surface area contributed by atoms with E-state index in [-0.39, 0.29) is 0 Å². The molecular weight excluding hydrogens is 826 g/mol. The summed E-state index contributed by atoms with van der Waals surface area (Å²) in [6, 6.07) is 89.9. The fourth-order valence-electron chi connectivity index (χ4n) is 11.6. The van der Waals surface area contributed by atoms with Gasteiger partial charge in [0, 0.05) is 42.0 Å². The van der Waals surface area contributed by atoms with E-state index in [0.717, 1.165) is 22.1 Å². The molecule has 0 saturated carbocycles. The van der Waals surface area contributed by atoms with E-state index < -0.39 is 10.8 Å². The standard InChI is InChI=1S/C62H40ClNS/c63-45-35-37-47-50-40-46(36-38-57(50)65-58(47)39-45)64(55-33-17-31-53-59(55)48-27-13-15-29-51(48)61(53,41-19-5-1-6-20-41)42-21-7-2-8-22-42)56-34-18-32-54-60(56)49-28-14-16-30-52(49)62(54,43-23-9-3-10-24-43)44-25-11-4-12-26-44/h1-40H. The first-order valence-corrected chi connectivity index (χ1v) is 23.5. The summed E-state index contributed by atoms with van der Waals surface area (Å²) in [4.78, 5) is 2.57. The quantitative estimate of drug-likeness (QED) is 0.154. The van der Waals surface area contributed by atoms with Crippen LogP contribution in [0.1, 0.15) is 44.5 Å². The zero-order valence-electron chi connectivity index (χ0n) is 35.3. The zero-order valence-corrected chi connectivity index (χ0v) is 36.9. The number of thiophene rings is 1. The lowest BCUT2D eigenvalue weighted by molar-refractivity contribution is 0.768. The average Bonchev–Trinajstić information content (AvgIpc) is 4.00. The molecule has 0 spiro atoms. The monoisotopic (exact) mass is 865 g/mol. The number of benzene rings is 10. The molecule has 306 valence electrons. The van der Waals surface area contributed by atoms with E-state index in [4.69, 9.17) is 11.6 Å². The molecule has 10 aromatic carbocycles. The predicted octanol–water partition coefficient (Wildman–Crippen LogP) is 16.9. The second-order valence-electron chi connectivity index (χ2n) is 17.2. The SMILES string of the molecule is Clc1ccc2c(c1)sc1ccc(N(c3cccc4c3-c3ccccc3C4(c3ccccc3)c3ccccc3)c3cccc4c3-c3ccccc3C4(c3ccccc3)c3ccccc3)cc12. The molecule has 0 N–H and O–H groups in total. The lowest BCUT2D eigenvalue weighted by Crippen LogP contribution is -2.28. The minimum atomic E-state index is -0.552. The average molecular weight is 867 g/mol. The number of rotatable bonds is 7. The van der Waals surface area contributed by atoms with Gasteiger partial charge in [-0.15, -0.1) is 11.3 Å². The molecule has 1 aromatic heterocycles. The first-order valence-electron chi connectivity index (χ1n) is 22.3. The Labute approximate surface area is 388 Å². The Hall–Kier alpha value is -7.49. The Bertz CT molecular complexity index is 3350. The number of anilines is 3. The molecule has 3 heteroatoms. The lowest BCUT2D eigenvalue weighted by Gasteiger charge is -2.35. The number of nitrogens with zero attached hydrogens (tertiary/aromatic N) is 1. The van der Waals surface area contributed by atoms with Crippen molar-refractivity contribution in [1.29, 1.82) is 0 Å². The highest BCUT2D eigenvalue weighted by Crippen LogP contribution is 2.63. The second-order valence-corrected chi connectivity index (χ2v) is 18.7. The van der Waals surface area contributed by atoms with Crippen LogP contribution in [0.2, 0.25) is 5.02 Å². The summed E-state index contributed by atoms with van der Waals surface area (Å²) < 4.78 is 2.42. The van der Waals surface area contributed by atoms with Crippen molar-refractivity contribution in [3.8, 4) is 22.3 Å². The van der Waals surface area contributed by atoms with E-state index in [1.54, 1.807) is 11.3 Å². The number of halogens is 1. The van der Waals surface area contributed by atoms with Gasteiger partial charge in [0.05, 0.1) is 22.2 Å². The summed E-state index contributed by atoms with van der Waals surface area (Å²) in [5.74, 6) is 0. The molecule has 0 unspecified atom stereocenters. The zero-order chi connectivity index (χ0) is 43.1. The van der Waals surface area contributed by atoms with Gasteiger partial charge in [0.15, 0.2) is 0 Å². The van der Waals surface area contributed by atoms with Crippen molar-refractivity contribution >= 4 is 60.2 Å². The van der Waals surface area contributed by atoms with E-state index in [9.17, 15) is 0 Å². The summed E-state index contributed by atoms with van der Waals surface area (Å²) in [5, 5.41) is 3.18. The molecule has 1 nitrogen and oxygen atoms in total. The maximum Gasteiger partial charge on any atom is 0.0714 e. The highest BCUT2D eigenvalue weighted by atomic mass is 35.5. The van der Waals surface area contributed by atoms with Crippen molar-refractivity contribution in [1.82, 2.24) is 0 Å². The molecule has 13 rings (SSSR count). The first-order chi connectivity index (χ1) is 32.2. The van der Waals surface area contributed by atoms with Gasteiger partial charge in [0.1, 0.15) is 0 Å². The van der Waals surface area contributed by atoms with Gasteiger partial charge in [-0.1, -0.05) is 212 Å². The van der Waals surface area contributed by atoms with Gasteiger partial charge in [-0.2, -0.15) is 0 Å². The second kappa shape index (κ2) is 14.8. The molecule has 0 atom stereocenters.